The molecule has 0 atom stereocenters. The monoisotopic (exact) mass is 399 g/mol. The third-order valence-electron chi connectivity index (χ3n) is 4.59. The molecule has 6 nitrogen and oxygen atoms in total. The van der Waals surface area contributed by atoms with Crippen molar-refractivity contribution in [3.05, 3.63) is 45.9 Å². The smallest absolute Gasteiger partial charge is 0.311 e. The minimum Gasteiger partial charge on any atom is -0.466 e. The molecule has 3 rings (SSSR count). The summed E-state index contributed by atoms with van der Waals surface area (Å²) in [4.78, 5) is 33.7. The molecule has 1 aliphatic rings. The lowest BCUT2D eigenvalue weighted by atomic mass is 10.2. The summed E-state index contributed by atoms with van der Waals surface area (Å²) in [5.41, 5.74) is 1.96. The molecule has 0 aliphatic carbocycles. The lowest BCUT2D eigenvalue weighted by Crippen LogP contribution is -2.48. The minimum absolute atomic E-state index is 0.136. The summed E-state index contributed by atoms with van der Waals surface area (Å²) >= 11 is 1.58. The maximum Gasteiger partial charge on any atom is 0.311 e. The van der Waals surface area contributed by atoms with Gasteiger partial charge in [-0.15, -0.1) is 11.3 Å². The Morgan fingerprint density at radius 2 is 1.93 bits per heavy atom. The molecule has 0 aromatic carbocycles. The number of aromatic nitrogens is 1. The van der Waals surface area contributed by atoms with Gasteiger partial charge in [0.25, 0.3) is 0 Å². The number of piperazine rings is 1. The van der Waals surface area contributed by atoms with Gasteiger partial charge in [-0.1, -0.05) is 0 Å². The van der Waals surface area contributed by atoms with Crippen molar-refractivity contribution in [2.75, 3.05) is 37.7 Å². The number of thiophene rings is 1. The van der Waals surface area contributed by atoms with Gasteiger partial charge in [-0.3, -0.25) is 14.6 Å². The normalized spacial score (nSPS) is 14.5. The second-order valence-corrected chi connectivity index (χ2v) is 7.75. The number of nitrogens with zero attached hydrogens (tertiary/aromatic N) is 3. The zero-order chi connectivity index (χ0) is 19.9. The maximum atomic E-state index is 11.5. The van der Waals surface area contributed by atoms with Crippen LogP contribution in [-0.2, 0) is 20.7 Å². The predicted molar refractivity (Wildman–Crippen MR) is 112 cm³/mol. The zero-order valence-electron chi connectivity index (χ0n) is 16.3. The third-order valence-corrected chi connectivity index (χ3v) is 5.64. The Morgan fingerprint density at radius 3 is 2.57 bits per heavy atom. The number of hydrogen-bond donors (Lipinski definition) is 0. The first-order valence-electron chi connectivity index (χ1n) is 9.44. The number of carbonyl (C=O) groups excluding carboxylic acids is 2. The van der Waals surface area contributed by atoms with Crippen molar-refractivity contribution in [2.24, 2.45) is 0 Å². The molecule has 2 aromatic heterocycles. The fourth-order valence-electron chi connectivity index (χ4n) is 3.06. The van der Waals surface area contributed by atoms with Gasteiger partial charge < -0.3 is 14.5 Å². The van der Waals surface area contributed by atoms with Gasteiger partial charge in [0.1, 0.15) is 0 Å². The molecule has 0 radical (unpaired) electrons. The summed E-state index contributed by atoms with van der Waals surface area (Å²) in [7, 11) is 0. The van der Waals surface area contributed by atoms with E-state index in [2.05, 4.69) is 16.0 Å². The molecule has 1 fully saturated rings. The van der Waals surface area contributed by atoms with Crippen LogP contribution in [0.15, 0.2) is 30.5 Å². The van der Waals surface area contributed by atoms with Crippen LogP contribution in [0.3, 0.4) is 0 Å². The molecule has 0 N–H and O–H groups in total. The minimum atomic E-state index is -0.193. The second-order valence-electron chi connectivity index (χ2n) is 6.55. The van der Waals surface area contributed by atoms with Crippen molar-refractivity contribution in [3.8, 4) is 0 Å². The highest BCUT2D eigenvalue weighted by Crippen LogP contribution is 2.21. The third kappa shape index (κ3) is 5.42. The Bertz CT molecular complexity index is 837. The molecule has 0 saturated carbocycles. The number of carbonyl (C=O) groups is 2. The highest BCUT2D eigenvalue weighted by atomic mass is 32.1. The van der Waals surface area contributed by atoms with Gasteiger partial charge in [-0.2, -0.15) is 0 Å². The molecule has 148 valence electrons. The fourth-order valence-corrected chi connectivity index (χ4v) is 3.96. The van der Waals surface area contributed by atoms with Crippen LogP contribution in [0, 0.1) is 0 Å². The summed E-state index contributed by atoms with van der Waals surface area (Å²) in [6.45, 7) is 7.00. The van der Waals surface area contributed by atoms with Gasteiger partial charge in [0.2, 0.25) is 5.91 Å². The molecular formula is C21H25N3O3S. The highest BCUT2D eigenvalue weighted by Gasteiger charge is 2.18. The Kier molecular flexibility index (Phi) is 6.81. The topological polar surface area (TPSA) is 62.7 Å². The summed E-state index contributed by atoms with van der Waals surface area (Å²) in [6, 6.07) is 8.02. The molecule has 3 heterocycles. The SMILES string of the molecule is CCOC(=O)Cc1ccc(C=Cc2ccc(N3CCN(C(C)=O)CC3)cn2)s1. The number of esters is 1. The van der Waals surface area contributed by atoms with E-state index in [-0.39, 0.29) is 11.9 Å². The van der Waals surface area contributed by atoms with E-state index in [0.717, 1.165) is 47.3 Å². The Labute approximate surface area is 169 Å². The van der Waals surface area contributed by atoms with Crippen molar-refractivity contribution in [3.63, 3.8) is 0 Å². The first-order chi connectivity index (χ1) is 13.5. The van der Waals surface area contributed by atoms with Crippen LogP contribution >= 0.6 is 11.3 Å². The van der Waals surface area contributed by atoms with E-state index in [4.69, 9.17) is 4.74 Å². The highest BCUT2D eigenvalue weighted by molar-refractivity contribution is 7.13. The van der Waals surface area contributed by atoms with E-state index in [1.165, 1.54) is 0 Å². The number of rotatable bonds is 6. The van der Waals surface area contributed by atoms with Crippen molar-refractivity contribution >= 4 is 41.1 Å². The quantitative estimate of drug-likeness (QED) is 0.699. The molecule has 1 amide bonds. The molecule has 28 heavy (non-hydrogen) atoms. The van der Waals surface area contributed by atoms with Gasteiger partial charge in [0, 0.05) is 42.9 Å². The molecular weight excluding hydrogens is 374 g/mol. The van der Waals surface area contributed by atoms with Gasteiger partial charge in [0.15, 0.2) is 0 Å². The second kappa shape index (κ2) is 9.50. The Balaban J connectivity index is 1.55. The number of hydrogen-bond acceptors (Lipinski definition) is 6. The summed E-state index contributed by atoms with van der Waals surface area (Å²) in [5, 5.41) is 0. The zero-order valence-corrected chi connectivity index (χ0v) is 17.1. The van der Waals surface area contributed by atoms with E-state index in [1.807, 2.05) is 48.4 Å². The van der Waals surface area contributed by atoms with Gasteiger partial charge in [-0.25, -0.2) is 0 Å². The Hall–Kier alpha value is -2.67. The van der Waals surface area contributed by atoms with Gasteiger partial charge in [0.05, 0.1) is 30.6 Å². The van der Waals surface area contributed by atoms with Crippen LogP contribution in [-0.4, -0.2) is 54.5 Å². The molecule has 1 aliphatic heterocycles. The van der Waals surface area contributed by atoms with Crippen molar-refractivity contribution < 1.29 is 14.3 Å². The van der Waals surface area contributed by atoms with Crippen LogP contribution in [0.4, 0.5) is 5.69 Å². The van der Waals surface area contributed by atoms with Crippen LogP contribution < -0.4 is 4.90 Å². The molecule has 2 aromatic rings. The molecule has 0 unspecified atom stereocenters. The number of pyridine rings is 1. The van der Waals surface area contributed by atoms with Crippen LogP contribution in [0.2, 0.25) is 0 Å². The first-order valence-corrected chi connectivity index (χ1v) is 10.3. The average molecular weight is 400 g/mol. The summed E-state index contributed by atoms with van der Waals surface area (Å²) < 4.78 is 4.98. The van der Waals surface area contributed by atoms with Crippen molar-refractivity contribution in [1.29, 1.82) is 0 Å². The van der Waals surface area contributed by atoms with Crippen LogP contribution in [0.25, 0.3) is 12.2 Å². The lowest BCUT2D eigenvalue weighted by molar-refractivity contribution is -0.142. The van der Waals surface area contributed by atoms with Crippen molar-refractivity contribution in [2.45, 2.75) is 20.3 Å². The summed E-state index contributed by atoms with van der Waals surface area (Å²) in [6.07, 6.45) is 6.17. The van der Waals surface area contributed by atoms with Crippen molar-refractivity contribution in [1.82, 2.24) is 9.88 Å². The predicted octanol–water partition coefficient (Wildman–Crippen LogP) is 3.09. The van der Waals surface area contributed by atoms with E-state index in [0.29, 0.717) is 13.0 Å². The Morgan fingerprint density at radius 1 is 1.14 bits per heavy atom. The fraction of sp³-hybridized carbons (Fsp3) is 0.381. The number of anilines is 1. The average Bonchev–Trinajstić information content (AvgIpc) is 3.14. The van der Waals surface area contributed by atoms with E-state index in [1.54, 1.807) is 18.3 Å². The van der Waals surface area contributed by atoms with E-state index in [9.17, 15) is 9.59 Å². The van der Waals surface area contributed by atoms with Gasteiger partial charge >= 0.3 is 5.97 Å². The standard InChI is InChI=1S/C21H25N3O3S/c1-3-27-21(26)14-20-9-8-19(28-20)7-5-17-4-6-18(15-22-17)24-12-10-23(11-13-24)16(2)25/h4-9,15H,3,10-14H2,1-2H3. The number of amides is 1. The van der Waals surface area contributed by atoms with E-state index >= 15 is 0 Å². The number of ether oxygens (including phenoxy) is 1. The lowest BCUT2D eigenvalue weighted by Gasteiger charge is -2.35. The molecule has 0 spiro atoms. The molecule has 7 heteroatoms. The maximum absolute atomic E-state index is 11.5. The first kappa shape index (κ1) is 20.1. The van der Waals surface area contributed by atoms with Crippen LogP contribution in [0.1, 0.15) is 29.3 Å². The van der Waals surface area contributed by atoms with Gasteiger partial charge in [-0.05, 0) is 43.3 Å². The van der Waals surface area contributed by atoms with E-state index < -0.39 is 0 Å². The summed E-state index contributed by atoms with van der Waals surface area (Å²) in [5.74, 6) is -0.0569. The van der Waals surface area contributed by atoms with Crippen LogP contribution in [0.5, 0.6) is 0 Å². The molecule has 1 saturated heterocycles. The largest absolute Gasteiger partial charge is 0.466 e. The molecule has 0 bridgehead atoms.